The van der Waals surface area contributed by atoms with Gasteiger partial charge >= 0.3 is 0 Å². The number of ether oxygens (including phenoxy) is 1. The van der Waals surface area contributed by atoms with Gasteiger partial charge in [0, 0.05) is 18.1 Å². The first-order valence-corrected chi connectivity index (χ1v) is 7.42. The molecule has 2 atom stereocenters. The topological polar surface area (TPSA) is 61.7 Å². The van der Waals surface area contributed by atoms with Crippen LogP contribution < -0.4 is 5.32 Å². The maximum Gasteiger partial charge on any atom is 0.0897 e. The van der Waals surface area contributed by atoms with E-state index >= 15 is 0 Å². The van der Waals surface area contributed by atoms with Crippen LogP contribution >= 0.6 is 11.6 Å². The van der Waals surface area contributed by atoms with Crippen LogP contribution in [0.1, 0.15) is 18.4 Å². The van der Waals surface area contributed by atoms with E-state index in [2.05, 4.69) is 5.32 Å². The van der Waals surface area contributed by atoms with Crippen LogP contribution in [0.3, 0.4) is 0 Å². The number of rotatable bonds is 9. The Balaban J connectivity index is 1.55. The predicted molar refractivity (Wildman–Crippen MR) is 78.7 cm³/mol. The molecule has 2 unspecified atom stereocenters. The van der Waals surface area contributed by atoms with E-state index in [1.54, 1.807) is 0 Å². The van der Waals surface area contributed by atoms with Crippen LogP contribution in [0.15, 0.2) is 24.3 Å². The van der Waals surface area contributed by atoms with E-state index in [0.717, 1.165) is 18.4 Å². The maximum atomic E-state index is 9.76. The SMILES string of the molecule is OC(CNCC(O)C1CC1)COCc1ccccc1Cl. The molecule has 112 valence electrons. The van der Waals surface area contributed by atoms with Crippen molar-refractivity contribution in [3.63, 3.8) is 0 Å². The molecule has 1 aliphatic rings. The lowest BCUT2D eigenvalue weighted by atomic mass is 10.2. The molecule has 0 aromatic heterocycles. The van der Waals surface area contributed by atoms with Crippen LogP contribution in [-0.2, 0) is 11.3 Å². The summed E-state index contributed by atoms with van der Waals surface area (Å²) >= 11 is 6.01. The summed E-state index contributed by atoms with van der Waals surface area (Å²) in [5.41, 5.74) is 0.915. The van der Waals surface area contributed by atoms with Crippen molar-refractivity contribution in [3.05, 3.63) is 34.9 Å². The lowest BCUT2D eigenvalue weighted by Crippen LogP contribution is -2.35. The maximum absolute atomic E-state index is 9.76. The van der Waals surface area contributed by atoms with Crippen LogP contribution in [0.4, 0.5) is 0 Å². The van der Waals surface area contributed by atoms with Crippen LogP contribution in [0, 0.1) is 5.92 Å². The zero-order valence-electron chi connectivity index (χ0n) is 11.5. The molecule has 0 radical (unpaired) electrons. The van der Waals surface area contributed by atoms with Gasteiger partial charge in [-0.3, -0.25) is 0 Å². The third kappa shape index (κ3) is 5.38. The molecule has 0 spiro atoms. The number of benzene rings is 1. The molecule has 0 heterocycles. The van der Waals surface area contributed by atoms with Gasteiger partial charge in [0.05, 0.1) is 25.4 Å². The molecule has 1 aromatic rings. The molecule has 0 bridgehead atoms. The first-order valence-electron chi connectivity index (χ1n) is 7.05. The van der Waals surface area contributed by atoms with Crippen molar-refractivity contribution in [1.82, 2.24) is 5.32 Å². The standard InChI is InChI=1S/C15H22ClNO3/c16-14-4-2-1-3-12(14)9-20-10-13(18)7-17-8-15(19)11-5-6-11/h1-4,11,13,15,17-19H,5-10H2. The molecule has 4 nitrogen and oxygen atoms in total. The lowest BCUT2D eigenvalue weighted by molar-refractivity contribution is 0.0270. The van der Waals surface area contributed by atoms with Gasteiger partial charge in [0.2, 0.25) is 0 Å². The Morgan fingerprint density at radius 3 is 2.70 bits per heavy atom. The first kappa shape index (κ1) is 15.7. The Hall–Kier alpha value is -0.650. The van der Waals surface area contributed by atoms with Crippen molar-refractivity contribution in [2.24, 2.45) is 5.92 Å². The van der Waals surface area contributed by atoms with Gasteiger partial charge in [-0.1, -0.05) is 29.8 Å². The summed E-state index contributed by atoms with van der Waals surface area (Å²) in [6.45, 7) is 1.59. The third-order valence-corrected chi connectivity index (χ3v) is 3.79. The number of aliphatic hydroxyl groups is 2. The highest BCUT2D eigenvalue weighted by Gasteiger charge is 2.29. The van der Waals surface area contributed by atoms with Crippen LogP contribution in [0.5, 0.6) is 0 Å². The van der Waals surface area contributed by atoms with Crippen molar-refractivity contribution < 1.29 is 14.9 Å². The van der Waals surface area contributed by atoms with Gasteiger partial charge in [0.1, 0.15) is 0 Å². The Kier molecular flexibility index (Phi) is 6.26. The van der Waals surface area contributed by atoms with E-state index < -0.39 is 6.10 Å². The molecule has 1 saturated carbocycles. The summed E-state index contributed by atoms with van der Waals surface area (Å²) in [5.74, 6) is 0.455. The summed E-state index contributed by atoms with van der Waals surface area (Å²) in [4.78, 5) is 0. The number of aliphatic hydroxyl groups excluding tert-OH is 2. The van der Waals surface area contributed by atoms with E-state index in [-0.39, 0.29) is 12.7 Å². The van der Waals surface area contributed by atoms with Crippen molar-refractivity contribution >= 4 is 11.6 Å². The monoisotopic (exact) mass is 299 g/mol. The van der Waals surface area contributed by atoms with Gasteiger partial charge in [-0.05, 0) is 30.4 Å². The Morgan fingerprint density at radius 2 is 2.00 bits per heavy atom. The summed E-state index contributed by atoms with van der Waals surface area (Å²) < 4.78 is 5.44. The van der Waals surface area contributed by atoms with Gasteiger partial charge < -0.3 is 20.3 Å². The van der Waals surface area contributed by atoms with E-state index in [0.29, 0.717) is 30.6 Å². The molecule has 1 aliphatic carbocycles. The van der Waals surface area contributed by atoms with Crippen molar-refractivity contribution in [2.45, 2.75) is 31.7 Å². The minimum absolute atomic E-state index is 0.248. The number of hydrogen-bond donors (Lipinski definition) is 3. The molecular weight excluding hydrogens is 278 g/mol. The molecular formula is C15H22ClNO3. The molecule has 0 aliphatic heterocycles. The van der Waals surface area contributed by atoms with E-state index in [9.17, 15) is 10.2 Å². The largest absolute Gasteiger partial charge is 0.392 e. The predicted octanol–water partition coefficient (Wildman–Crippen LogP) is 1.58. The van der Waals surface area contributed by atoms with Gasteiger partial charge in [-0.2, -0.15) is 0 Å². The van der Waals surface area contributed by atoms with Gasteiger partial charge in [0.15, 0.2) is 0 Å². The van der Waals surface area contributed by atoms with Crippen LogP contribution in [0.2, 0.25) is 5.02 Å². The molecule has 2 rings (SSSR count). The lowest BCUT2D eigenvalue weighted by Gasteiger charge is -2.15. The second-order valence-corrected chi connectivity index (χ2v) is 5.73. The Bertz CT molecular complexity index is 412. The normalized spacial score (nSPS) is 17.9. The zero-order valence-corrected chi connectivity index (χ0v) is 12.2. The van der Waals surface area contributed by atoms with Gasteiger partial charge in [0.25, 0.3) is 0 Å². The average molecular weight is 300 g/mol. The average Bonchev–Trinajstić information content (AvgIpc) is 3.25. The minimum Gasteiger partial charge on any atom is -0.392 e. The zero-order chi connectivity index (χ0) is 14.4. The number of nitrogens with one attached hydrogen (secondary N) is 1. The molecule has 3 N–H and O–H groups in total. The highest BCUT2D eigenvalue weighted by Crippen LogP contribution is 2.32. The minimum atomic E-state index is -0.580. The Labute approximate surface area is 124 Å². The third-order valence-electron chi connectivity index (χ3n) is 3.43. The van der Waals surface area contributed by atoms with Gasteiger partial charge in [-0.15, -0.1) is 0 Å². The molecule has 20 heavy (non-hydrogen) atoms. The highest BCUT2D eigenvalue weighted by molar-refractivity contribution is 6.31. The fourth-order valence-corrected chi connectivity index (χ4v) is 2.22. The first-order chi connectivity index (χ1) is 9.66. The van der Waals surface area contributed by atoms with E-state index in [1.807, 2.05) is 24.3 Å². The molecule has 1 aromatic carbocycles. The smallest absolute Gasteiger partial charge is 0.0897 e. The second-order valence-electron chi connectivity index (χ2n) is 5.32. The summed E-state index contributed by atoms with van der Waals surface area (Å²) in [7, 11) is 0. The number of halogens is 1. The fourth-order valence-electron chi connectivity index (χ4n) is 2.02. The Morgan fingerprint density at radius 1 is 1.25 bits per heavy atom. The second kappa shape index (κ2) is 7.96. The van der Waals surface area contributed by atoms with Crippen molar-refractivity contribution in [1.29, 1.82) is 0 Å². The quantitative estimate of drug-likeness (QED) is 0.648. The van der Waals surface area contributed by atoms with E-state index in [4.69, 9.17) is 16.3 Å². The van der Waals surface area contributed by atoms with Crippen molar-refractivity contribution in [2.75, 3.05) is 19.7 Å². The highest BCUT2D eigenvalue weighted by atomic mass is 35.5. The summed E-state index contributed by atoms with van der Waals surface area (Å²) in [5, 5.41) is 23.2. The summed E-state index contributed by atoms with van der Waals surface area (Å²) in [6, 6.07) is 7.49. The van der Waals surface area contributed by atoms with Crippen molar-refractivity contribution in [3.8, 4) is 0 Å². The fraction of sp³-hybridized carbons (Fsp3) is 0.600. The molecule has 0 amide bonds. The van der Waals surface area contributed by atoms with Crippen LogP contribution in [-0.4, -0.2) is 42.1 Å². The molecule has 5 heteroatoms. The number of hydrogen-bond acceptors (Lipinski definition) is 4. The van der Waals surface area contributed by atoms with E-state index in [1.165, 1.54) is 0 Å². The molecule has 0 saturated heterocycles. The van der Waals surface area contributed by atoms with Gasteiger partial charge in [-0.25, -0.2) is 0 Å². The van der Waals surface area contributed by atoms with Crippen LogP contribution in [0.25, 0.3) is 0 Å². The molecule has 1 fully saturated rings. The summed E-state index contributed by atoms with van der Waals surface area (Å²) in [6.07, 6.45) is 1.37.